The van der Waals surface area contributed by atoms with Crippen LogP contribution in [0.2, 0.25) is 0 Å². The zero-order valence-corrected chi connectivity index (χ0v) is 16.5. The molecule has 0 radical (unpaired) electrons. The summed E-state index contributed by atoms with van der Waals surface area (Å²) >= 11 is 0. The van der Waals surface area contributed by atoms with Crippen LogP contribution in [0.25, 0.3) is 10.9 Å². The summed E-state index contributed by atoms with van der Waals surface area (Å²) in [6.07, 6.45) is 2.81. The topological polar surface area (TPSA) is 67.2 Å². The number of hydrogen-bond acceptors (Lipinski definition) is 3. The Labute approximate surface area is 168 Å². The van der Waals surface area contributed by atoms with Crippen LogP contribution in [-0.4, -0.2) is 33.6 Å². The van der Waals surface area contributed by atoms with Gasteiger partial charge in [-0.3, -0.25) is 9.36 Å². The number of carbonyl (C=O) groups excluding carboxylic acids is 1. The maximum absolute atomic E-state index is 13.5. The fourth-order valence-electron chi connectivity index (χ4n) is 3.96. The first-order valence-corrected chi connectivity index (χ1v) is 9.71. The van der Waals surface area contributed by atoms with Crippen LogP contribution in [0.15, 0.2) is 47.5 Å². The van der Waals surface area contributed by atoms with Gasteiger partial charge in [-0.15, -0.1) is 0 Å². The van der Waals surface area contributed by atoms with E-state index in [-0.39, 0.29) is 23.0 Å². The van der Waals surface area contributed by atoms with Crippen LogP contribution < -0.4 is 10.9 Å². The molecule has 2 aromatic carbocycles. The highest BCUT2D eigenvalue weighted by molar-refractivity contribution is 5.89. The lowest BCUT2D eigenvalue weighted by atomic mass is 10.0. The van der Waals surface area contributed by atoms with E-state index in [9.17, 15) is 14.0 Å². The number of nitrogens with zero attached hydrogens (tertiary/aromatic N) is 3. The van der Waals surface area contributed by atoms with Gasteiger partial charge in [0, 0.05) is 24.8 Å². The van der Waals surface area contributed by atoms with Crippen LogP contribution in [0.5, 0.6) is 0 Å². The number of aromatic nitrogens is 2. The molecular weight excluding hydrogens is 371 g/mol. The van der Waals surface area contributed by atoms with Crippen LogP contribution in [0.3, 0.4) is 0 Å². The molecule has 2 amide bonds. The van der Waals surface area contributed by atoms with E-state index < -0.39 is 5.82 Å². The molecule has 29 heavy (non-hydrogen) atoms. The molecule has 1 fully saturated rings. The Kier molecular flexibility index (Phi) is 5.05. The Bertz CT molecular complexity index is 1110. The molecule has 7 heteroatoms. The van der Waals surface area contributed by atoms with Gasteiger partial charge in [0.15, 0.2) is 0 Å². The molecule has 2 heterocycles. The van der Waals surface area contributed by atoms with Crippen molar-refractivity contribution in [3.8, 4) is 0 Å². The molecule has 0 unspecified atom stereocenters. The molecule has 0 aliphatic carbocycles. The highest BCUT2D eigenvalue weighted by atomic mass is 19.1. The molecule has 1 aromatic heterocycles. The number of aryl methyl sites for hydroxylation is 2. The second-order valence-corrected chi connectivity index (χ2v) is 7.64. The smallest absolute Gasteiger partial charge is 0.321 e. The first-order chi connectivity index (χ1) is 13.9. The minimum absolute atomic E-state index is 0.0621. The SMILES string of the molecule is Cc1cc(C)cc(NC(=O)N2CCC(n3cnc4ccc(F)cc4c3=O)CC2)c1. The number of benzene rings is 2. The normalized spacial score (nSPS) is 14.9. The second kappa shape index (κ2) is 7.66. The number of amides is 2. The van der Waals surface area contributed by atoms with E-state index in [0.717, 1.165) is 16.8 Å². The van der Waals surface area contributed by atoms with Gasteiger partial charge in [0.2, 0.25) is 0 Å². The summed E-state index contributed by atoms with van der Waals surface area (Å²) in [5, 5.41) is 3.23. The van der Waals surface area contributed by atoms with Gasteiger partial charge in [0.1, 0.15) is 5.82 Å². The van der Waals surface area contributed by atoms with E-state index in [1.165, 1.54) is 24.5 Å². The molecule has 0 spiro atoms. The Morgan fingerprint density at radius 2 is 1.79 bits per heavy atom. The Hall–Kier alpha value is -3.22. The number of rotatable bonds is 2. The van der Waals surface area contributed by atoms with Crippen molar-refractivity contribution in [2.45, 2.75) is 32.7 Å². The monoisotopic (exact) mass is 394 g/mol. The maximum atomic E-state index is 13.5. The minimum atomic E-state index is -0.452. The molecule has 0 bridgehead atoms. The van der Waals surface area contributed by atoms with Crippen molar-refractivity contribution in [1.29, 1.82) is 0 Å². The fraction of sp³-hybridized carbons (Fsp3) is 0.318. The van der Waals surface area contributed by atoms with Gasteiger partial charge in [0.05, 0.1) is 17.2 Å². The summed E-state index contributed by atoms with van der Waals surface area (Å²) in [6.45, 7) is 5.06. The van der Waals surface area contributed by atoms with Crippen molar-refractivity contribution >= 4 is 22.6 Å². The van der Waals surface area contributed by atoms with E-state index in [2.05, 4.69) is 16.4 Å². The third-order valence-electron chi connectivity index (χ3n) is 5.36. The van der Waals surface area contributed by atoms with E-state index in [4.69, 9.17) is 0 Å². The lowest BCUT2D eigenvalue weighted by Crippen LogP contribution is -2.42. The third-order valence-corrected chi connectivity index (χ3v) is 5.36. The summed E-state index contributed by atoms with van der Waals surface area (Å²) in [6, 6.07) is 9.78. The van der Waals surface area contributed by atoms with Gasteiger partial charge >= 0.3 is 6.03 Å². The predicted molar refractivity (Wildman–Crippen MR) is 111 cm³/mol. The molecule has 1 aliphatic rings. The van der Waals surface area contributed by atoms with Crippen LogP contribution in [0.1, 0.15) is 30.0 Å². The van der Waals surface area contributed by atoms with Gasteiger partial charge < -0.3 is 10.2 Å². The van der Waals surface area contributed by atoms with Crippen LogP contribution >= 0.6 is 0 Å². The van der Waals surface area contributed by atoms with Crippen LogP contribution in [-0.2, 0) is 0 Å². The molecular formula is C22H23FN4O2. The molecule has 4 rings (SSSR count). The largest absolute Gasteiger partial charge is 0.324 e. The number of hydrogen-bond donors (Lipinski definition) is 1. The molecule has 1 saturated heterocycles. The number of nitrogens with one attached hydrogen (secondary N) is 1. The number of likely N-dealkylation sites (tertiary alicyclic amines) is 1. The lowest BCUT2D eigenvalue weighted by Gasteiger charge is -2.32. The van der Waals surface area contributed by atoms with Gasteiger partial charge in [-0.25, -0.2) is 14.2 Å². The number of carbonyl (C=O) groups is 1. The average Bonchev–Trinajstić information content (AvgIpc) is 2.68. The maximum Gasteiger partial charge on any atom is 0.321 e. The Balaban J connectivity index is 1.45. The number of urea groups is 1. The molecule has 6 nitrogen and oxygen atoms in total. The molecule has 0 atom stereocenters. The predicted octanol–water partition coefficient (Wildman–Crippen LogP) is 4.02. The van der Waals surface area contributed by atoms with Crippen molar-refractivity contribution in [3.63, 3.8) is 0 Å². The molecule has 1 aliphatic heterocycles. The number of fused-ring (bicyclic) bond motifs is 1. The van der Waals surface area contributed by atoms with E-state index in [1.807, 2.05) is 26.0 Å². The first-order valence-electron chi connectivity index (χ1n) is 9.71. The summed E-state index contributed by atoms with van der Waals surface area (Å²) in [5.74, 6) is -0.452. The minimum Gasteiger partial charge on any atom is -0.324 e. The highest BCUT2D eigenvalue weighted by Gasteiger charge is 2.25. The number of piperidine rings is 1. The summed E-state index contributed by atoms with van der Waals surface area (Å²) in [5.41, 5.74) is 3.22. The Morgan fingerprint density at radius 3 is 2.48 bits per heavy atom. The van der Waals surface area contributed by atoms with Crippen molar-refractivity contribution < 1.29 is 9.18 Å². The first kappa shape index (κ1) is 19.1. The van der Waals surface area contributed by atoms with Crippen LogP contribution in [0.4, 0.5) is 14.9 Å². The van der Waals surface area contributed by atoms with Crippen molar-refractivity contribution in [2.75, 3.05) is 18.4 Å². The molecule has 3 aromatic rings. The molecule has 1 N–H and O–H groups in total. The van der Waals surface area contributed by atoms with Gasteiger partial charge in [0.25, 0.3) is 5.56 Å². The summed E-state index contributed by atoms with van der Waals surface area (Å²) in [7, 11) is 0. The van der Waals surface area contributed by atoms with E-state index in [1.54, 1.807) is 9.47 Å². The van der Waals surface area contributed by atoms with Gasteiger partial charge in [-0.05, 0) is 68.1 Å². The van der Waals surface area contributed by atoms with Crippen molar-refractivity contribution in [2.24, 2.45) is 0 Å². The fourth-order valence-corrected chi connectivity index (χ4v) is 3.96. The zero-order chi connectivity index (χ0) is 20.5. The van der Waals surface area contributed by atoms with E-state index >= 15 is 0 Å². The summed E-state index contributed by atoms with van der Waals surface area (Å²) in [4.78, 5) is 31.4. The number of halogens is 1. The standard InChI is InChI=1S/C22H23FN4O2/c1-14-9-15(2)11-17(10-14)25-22(29)26-7-5-18(6-8-26)27-13-24-20-4-3-16(23)12-19(20)21(27)28/h3-4,9-13,18H,5-8H2,1-2H3,(H,25,29). The van der Waals surface area contributed by atoms with Crippen molar-refractivity contribution in [3.05, 3.63) is 70.0 Å². The van der Waals surface area contributed by atoms with Crippen LogP contribution in [0, 0.1) is 19.7 Å². The van der Waals surface area contributed by atoms with E-state index in [0.29, 0.717) is 31.4 Å². The molecule has 0 saturated carbocycles. The average molecular weight is 394 g/mol. The quantitative estimate of drug-likeness (QED) is 0.714. The van der Waals surface area contributed by atoms with Gasteiger partial charge in [-0.1, -0.05) is 6.07 Å². The lowest BCUT2D eigenvalue weighted by molar-refractivity contribution is 0.182. The molecule has 150 valence electrons. The zero-order valence-electron chi connectivity index (χ0n) is 16.5. The number of anilines is 1. The van der Waals surface area contributed by atoms with Gasteiger partial charge in [-0.2, -0.15) is 0 Å². The third kappa shape index (κ3) is 3.99. The summed E-state index contributed by atoms with van der Waals surface area (Å²) < 4.78 is 15.1. The van der Waals surface area contributed by atoms with Crippen molar-refractivity contribution in [1.82, 2.24) is 14.5 Å². The Morgan fingerprint density at radius 1 is 1.10 bits per heavy atom. The second-order valence-electron chi connectivity index (χ2n) is 7.64. The highest BCUT2D eigenvalue weighted by Crippen LogP contribution is 2.23.